The van der Waals surface area contributed by atoms with Crippen molar-refractivity contribution in [2.75, 3.05) is 17.6 Å². The summed E-state index contributed by atoms with van der Waals surface area (Å²) in [6.07, 6.45) is 0. The molecule has 3 heteroatoms. The van der Waals surface area contributed by atoms with Crippen molar-refractivity contribution in [3.8, 4) is 0 Å². The van der Waals surface area contributed by atoms with E-state index in [4.69, 9.17) is 0 Å². The minimum Gasteiger partial charge on any atom is -0.384 e. The van der Waals surface area contributed by atoms with Gasteiger partial charge in [0.05, 0.1) is 0 Å². The first-order chi connectivity index (χ1) is 8.34. The average molecular weight is 355 g/mol. The van der Waals surface area contributed by atoms with Crippen LogP contribution in [0.1, 0.15) is 0 Å². The van der Waals surface area contributed by atoms with E-state index in [-0.39, 0.29) is 0 Å². The van der Waals surface area contributed by atoms with Gasteiger partial charge in [-0.25, -0.2) is 0 Å². The van der Waals surface area contributed by atoms with E-state index in [9.17, 15) is 0 Å². The maximum Gasteiger partial charge on any atom is 0.0341 e. The molecule has 1 nitrogen and oxygen atoms in total. The zero-order valence-corrected chi connectivity index (χ0v) is 12.4. The van der Waals surface area contributed by atoms with Gasteiger partial charge in [-0.1, -0.05) is 18.2 Å². The standard InChI is InChI=1S/C14H14INS/c15-12-6-8-13(9-7-12)16-10-11-17-14-4-2-1-3-5-14/h1-9,16H,10-11H2. The molecule has 0 aromatic heterocycles. The molecule has 2 aromatic rings. The van der Waals surface area contributed by atoms with Gasteiger partial charge in [-0.2, -0.15) is 0 Å². The Labute approximate surface area is 120 Å². The Morgan fingerprint density at radius 3 is 2.35 bits per heavy atom. The van der Waals surface area contributed by atoms with E-state index in [1.807, 2.05) is 17.8 Å². The Kier molecular flexibility index (Phi) is 5.19. The quantitative estimate of drug-likeness (QED) is 0.482. The predicted octanol–water partition coefficient (Wildman–Crippen LogP) is 4.50. The summed E-state index contributed by atoms with van der Waals surface area (Å²) in [6, 6.07) is 19.0. The largest absolute Gasteiger partial charge is 0.384 e. The van der Waals surface area contributed by atoms with Crippen LogP contribution >= 0.6 is 34.4 Å². The van der Waals surface area contributed by atoms with E-state index < -0.39 is 0 Å². The Morgan fingerprint density at radius 2 is 1.65 bits per heavy atom. The van der Waals surface area contributed by atoms with Gasteiger partial charge in [0.2, 0.25) is 0 Å². The lowest BCUT2D eigenvalue weighted by atomic mass is 10.3. The summed E-state index contributed by atoms with van der Waals surface area (Å²) >= 11 is 4.20. The van der Waals surface area contributed by atoms with Gasteiger partial charge in [-0.3, -0.25) is 0 Å². The molecule has 0 heterocycles. The molecule has 1 N–H and O–H groups in total. The molecule has 0 saturated heterocycles. The van der Waals surface area contributed by atoms with Crippen LogP contribution in [0.25, 0.3) is 0 Å². The second-order valence-electron chi connectivity index (χ2n) is 3.60. The van der Waals surface area contributed by atoms with Crippen LogP contribution < -0.4 is 5.32 Å². The molecule has 0 amide bonds. The van der Waals surface area contributed by atoms with Gasteiger partial charge in [0, 0.05) is 26.5 Å². The summed E-state index contributed by atoms with van der Waals surface area (Å²) in [5.41, 5.74) is 1.19. The second kappa shape index (κ2) is 6.91. The molecule has 0 fully saturated rings. The van der Waals surface area contributed by atoms with Crippen molar-refractivity contribution in [3.63, 3.8) is 0 Å². The molecule has 0 spiro atoms. The van der Waals surface area contributed by atoms with Gasteiger partial charge in [0.25, 0.3) is 0 Å². The first-order valence-corrected chi connectivity index (χ1v) is 7.58. The smallest absolute Gasteiger partial charge is 0.0341 e. The molecule has 2 aromatic carbocycles. The number of benzene rings is 2. The number of halogens is 1. The third-order valence-corrected chi connectivity index (χ3v) is 4.02. The summed E-state index contributed by atoms with van der Waals surface area (Å²) in [6.45, 7) is 0.986. The summed E-state index contributed by atoms with van der Waals surface area (Å²) < 4.78 is 1.27. The van der Waals surface area contributed by atoms with Crippen molar-refractivity contribution in [2.24, 2.45) is 0 Å². The van der Waals surface area contributed by atoms with Gasteiger partial charge in [0.1, 0.15) is 0 Å². The van der Waals surface area contributed by atoms with Gasteiger partial charge in [-0.15, -0.1) is 11.8 Å². The maximum atomic E-state index is 3.42. The van der Waals surface area contributed by atoms with Gasteiger partial charge >= 0.3 is 0 Å². The molecule has 0 radical (unpaired) electrons. The normalized spacial score (nSPS) is 10.2. The molecule has 2 rings (SSSR count). The molecular weight excluding hydrogens is 341 g/mol. The number of anilines is 1. The van der Waals surface area contributed by atoms with Gasteiger partial charge < -0.3 is 5.32 Å². The van der Waals surface area contributed by atoms with E-state index in [2.05, 4.69) is 76.4 Å². The van der Waals surface area contributed by atoms with Crippen LogP contribution in [0.2, 0.25) is 0 Å². The van der Waals surface area contributed by atoms with Crippen molar-refractivity contribution >= 4 is 40.0 Å². The van der Waals surface area contributed by atoms with E-state index in [1.165, 1.54) is 14.2 Å². The first kappa shape index (κ1) is 12.8. The van der Waals surface area contributed by atoms with Crippen LogP contribution in [-0.4, -0.2) is 12.3 Å². The molecule has 88 valence electrons. The predicted molar refractivity (Wildman–Crippen MR) is 84.8 cm³/mol. The third-order valence-electron chi connectivity index (χ3n) is 2.29. The van der Waals surface area contributed by atoms with Crippen molar-refractivity contribution in [3.05, 3.63) is 58.2 Å². The lowest BCUT2D eigenvalue weighted by molar-refractivity contribution is 1.22. The van der Waals surface area contributed by atoms with E-state index >= 15 is 0 Å². The fourth-order valence-electron chi connectivity index (χ4n) is 1.45. The highest BCUT2D eigenvalue weighted by Crippen LogP contribution is 2.17. The monoisotopic (exact) mass is 355 g/mol. The number of nitrogens with one attached hydrogen (secondary N) is 1. The summed E-state index contributed by atoms with van der Waals surface area (Å²) in [4.78, 5) is 1.33. The molecule has 0 aliphatic heterocycles. The lowest BCUT2D eigenvalue weighted by Gasteiger charge is -2.06. The van der Waals surface area contributed by atoms with Gasteiger partial charge in [-0.05, 0) is 59.0 Å². The fourth-order valence-corrected chi connectivity index (χ4v) is 2.60. The zero-order chi connectivity index (χ0) is 11.9. The minimum atomic E-state index is 0.986. The molecule has 0 atom stereocenters. The van der Waals surface area contributed by atoms with Crippen LogP contribution in [0.5, 0.6) is 0 Å². The number of rotatable bonds is 5. The average Bonchev–Trinajstić information content (AvgIpc) is 2.38. The Hall–Kier alpha value is -0.680. The summed E-state index contributed by atoms with van der Waals surface area (Å²) in [7, 11) is 0. The SMILES string of the molecule is Ic1ccc(NCCSc2ccccc2)cc1. The minimum absolute atomic E-state index is 0.986. The van der Waals surface area contributed by atoms with Crippen molar-refractivity contribution in [1.82, 2.24) is 0 Å². The molecule has 0 unspecified atom stereocenters. The van der Waals surface area contributed by atoms with Crippen LogP contribution in [0, 0.1) is 3.57 Å². The van der Waals surface area contributed by atoms with Crippen molar-refractivity contribution < 1.29 is 0 Å². The topological polar surface area (TPSA) is 12.0 Å². The van der Waals surface area contributed by atoms with E-state index in [0.717, 1.165) is 12.3 Å². The highest BCUT2D eigenvalue weighted by atomic mass is 127. The lowest BCUT2D eigenvalue weighted by Crippen LogP contribution is -2.03. The number of hydrogen-bond donors (Lipinski definition) is 1. The number of thioether (sulfide) groups is 1. The molecule has 0 bridgehead atoms. The molecule has 17 heavy (non-hydrogen) atoms. The molecule has 0 aliphatic rings. The van der Waals surface area contributed by atoms with Gasteiger partial charge in [0.15, 0.2) is 0 Å². The zero-order valence-electron chi connectivity index (χ0n) is 9.40. The fraction of sp³-hybridized carbons (Fsp3) is 0.143. The van der Waals surface area contributed by atoms with Crippen molar-refractivity contribution in [1.29, 1.82) is 0 Å². The Bertz CT molecular complexity index is 442. The summed E-state index contributed by atoms with van der Waals surface area (Å²) in [5.74, 6) is 1.08. The van der Waals surface area contributed by atoms with E-state index in [0.29, 0.717) is 0 Å². The highest BCUT2D eigenvalue weighted by molar-refractivity contribution is 14.1. The van der Waals surface area contributed by atoms with Crippen LogP contribution in [0.3, 0.4) is 0 Å². The first-order valence-electron chi connectivity index (χ1n) is 5.52. The number of hydrogen-bond acceptors (Lipinski definition) is 2. The summed E-state index contributed by atoms with van der Waals surface area (Å²) in [5, 5.41) is 3.42. The third kappa shape index (κ3) is 4.60. The molecule has 0 saturated carbocycles. The van der Waals surface area contributed by atoms with Crippen LogP contribution in [-0.2, 0) is 0 Å². The van der Waals surface area contributed by atoms with Crippen LogP contribution in [0.15, 0.2) is 59.5 Å². The van der Waals surface area contributed by atoms with Crippen molar-refractivity contribution in [2.45, 2.75) is 4.90 Å². The van der Waals surface area contributed by atoms with E-state index in [1.54, 1.807) is 0 Å². The molecular formula is C14H14INS. The van der Waals surface area contributed by atoms with Crippen LogP contribution in [0.4, 0.5) is 5.69 Å². The Balaban J connectivity index is 1.71. The maximum absolute atomic E-state index is 3.42. The second-order valence-corrected chi connectivity index (χ2v) is 6.01. The highest BCUT2D eigenvalue weighted by Gasteiger charge is 1.94. The molecule has 0 aliphatic carbocycles. The Morgan fingerprint density at radius 1 is 0.941 bits per heavy atom.